The highest BCUT2D eigenvalue weighted by molar-refractivity contribution is 6.39. The fourth-order valence-corrected chi connectivity index (χ4v) is 2.24. The van der Waals surface area contributed by atoms with E-state index in [2.05, 4.69) is 9.97 Å². The van der Waals surface area contributed by atoms with Crippen LogP contribution in [0.4, 0.5) is 0 Å². The summed E-state index contributed by atoms with van der Waals surface area (Å²) >= 11 is 6.13. The Labute approximate surface area is 116 Å². The van der Waals surface area contributed by atoms with Crippen LogP contribution in [0.15, 0.2) is 29.6 Å². The van der Waals surface area contributed by atoms with Gasteiger partial charge in [-0.15, -0.1) is 0 Å². The van der Waals surface area contributed by atoms with Gasteiger partial charge in [0.2, 0.25) is 5.43 Å². The van der Waals surface area contributed by atoms with E-state index in [1.165, 1.54) is 23.0 Å². The SMILES string of the molecule is O=C=CC(=C=O)c1c(-n2ccnc2)nc2c(=O)c2c1Cl. The second-order valence-corrected chi connectivity index (χ2v) is 4.30. The van der Waals surface area contributed by atoms with Gasteiger partial charge in [0, 0.05) is 18.5 Å². The third-order valence-corrected chi connectivity index (χ3v) is 3.21. The molecule has 0 saturated heterocycles. The third-order valence-electron chi connectivity index (χ3n) is 2.83. The maximum absolute atomic E-state index is 11.5. The largest absolute Gasteiger partial charge is 0.290 e. The lowest BCUT2D eigenvalue weighted by Crippen LogP contribution is -2.00. The third kappa shape index (κ3) is 1.65. The Morgan fingerprint density at radius 2 is 2.20 bits per heavy atom. The summed E-state index contributed by atoms with van der Waals surface area (Å²) in [6.07, 6.45) is 5.42. The number of aromatic nitrogens is 3. The van der Waals surface area contributed by atoms with Crippen LogP contribution in [0.5, 0.6) is 0 Å². The predicted octanol–water partition coefficient (Wildman–Crippen LogP) is 0.912. The van der Waals surface area contributed by atoms with Gasteiger partial charge >= 0.3 is 0 Å². The second kappa shape index (κ2) is 4.40. The van der Waals surface area contributed by atoms with E-state index in [1.807, 2.05) is 0 Å². The topological polar surface area (TPSA) is 81.9 Å². The van der Waals surface area contributed by atoms with E-state index in [-0.39, 0.29) is 38.3 Å². The number of carbonyl (C=O) groups excluding carboxylic acids is 2. The van der Waals surface area contributed by atoms with Crippen molar-refractivity contribution in [2.45, 2.75) is 0 Å². The molecule has 0 amide bonds. The highest BCUT2D eigenvalue weighted by Gasteiger charge is 2.26. The lowest BCUT2D eigenvalue weighted by molar-refractivity contribution is 0.567. The van der Waals surface area contributed by atoms with E-state index in [0.29, 0.717) is 0 Å². The van der Waals surface area contributed by atoms with E-state index in [9.17, 15) is 14.4 Å². The van der Waals surface area contributed by atoms with Gasteiger partial charge in [-0.1, -0.05) is 11.6 Å². The van der Waals surface area contributed by atoms with Crippen molar-refractivity contribution >= 4 is 40.0 Å². The highest BCUT2D eigenvalue weighted by atomic mass is 35.5. The van der Waals surface area contributed by atoms with Crippen LogP contribution in [0.1, 0.15) is 5.56 Å². The summed E-state index contributed by atoms with van der Waals surface area (Å²) in [5.41, 5.74) is 0.0158. The number of halogens is 1. The van der Waals surface area contributed by atoms with Crippen molar-refractivity contribution in [2.24, 2.45) is 0 Å². The van der Waals surface area contributed by atoms with Gasteiger partial charge in [0.05, 0.1) is 21.5 Å². The van der Waals surface area contributed by atoms with Gasteiger partial charge in [0.25, 0.3) is 0 Å². The Morgan fingerprint density at radius 1 is 1.40 bits per heavy atom. The molecule has 0 aliphatic rings. The van der Waals surface area contributed by atoms with Crippen molar-refractivity contribution in [2.75, 3.05) is 0 Å². The molecule has 6 nitrogen and oxygen atoms in total. The number of hydrogen-bond acceptors (Lipinski definition) is 5. The number of imidazole rings is 1. The molecule has 2 heterocycles. The van der Waals surface area contributed by atoms with Crippen molar-refractivity contribution < 1.29 is 9.59 Å². The zero-order valence-corrected chi connectivity index (χ0v) is 10.5. The molecule has 0 saturated carbocycles. The summed E-state index contributed by atoms with van der Waals surface area (Å²) in [5.74, 6) is 3.34. The molecule has 96 valence electrons. The van der Waals surface area contributed by atoms with Gasteiger partial charge in [-0.3, -0.25) is 9.36 Å². The Hall–Kier alpha value is -2.78. The minimum absolute atomic E-state index is 0.0774. The first-order valence-corrected chi connectivity index (χ1v) is 5.79. The molecular formula is C13H4ClN3O3. The van der Waals surface area contributed by atoms with E-state index in [4.69, 9.17) is 11.6 Å². The number of nitrogens with zero attached hydrogens (tertiary/aromatic N) is 3. The molecule has 20 heavy (non-hydrogen) atoms. The molecule has 0 radical (unpaired) electrons. The van der Waals surface area contributed by atoms with E-state index < -0.39 is 0 Å². The zero-order valence-electron chi connectivity index (χ0n) is 9.75. The fourth-order valence-electron chi connectivity index (χ4n) is 1.88. The van der Waals surface area contributed by atoms with Crippen LogP contribution < -0.4 is 5.43 Å². The summed E-state index contributed by atoms with van der Waals surface area (Å²) in [6, 6.07) is 0. The van der Waals surface area contributed by atoms with Crippen molar-refractivity contribution in [3.8, 4) is 5.82 Å². The van der Waals surface area contributed by atoms with Crippen LogP contribution in [-0.2, 0) is 9.59 Å². The highest BCUT2D eigenvalue weighted by Crippen LogP contribution is 2.35. The Balaban J connectivity index is 2.41. The molecule has 3 aromatic rings. The molecule has 1 aromatic carbocycles. The summed E-state index contributed by atoms with van der Waals surface area (Å²) in [6.45, 7) is 0. The maximum atomic E-state index is 11.5. The van der Waals surface area contributed by atoms with E-state index >= 15 is 0 Å². The van der Waals surface area contributed by atoms with Crippen molar-refractivity contribution in [1.82, 2.24) is 14.5 Å². The quantitative estimate of drug-likeness (QED) is 0.528. The first-order chi connectivity index (χ1) is 9.69. The first-order valence-electron chi connectivity index (χ1n) is 5.42. The lowest BCUT2D eigenvalue weighted by atomic mass is 10.1. The van der Waals surface area contributed by atoms with Gasteiger partial charge in [-0.2, -0.15) is 0 Å². The van der Waals surface area contributed by atoms with E-state index in [1.54, 1.807) is 12.1 Å². The Kier molecular flexibility index (Phi) is 2.70. The summed E-state index contributed by atoms with van der Waals surface area (Å²) < 4.78 is 1.49. The summed E-state index contributed by atoms with van der Waals surface area (Å²) in [7, 11) is 0. The molecule has 0 bridgehead atoms. The Morgan fingerprint density at radius 3 is 2.80 bits per heavy atom. The van der Waals surface area contributed by atoms with E-state index in [0.717, 1.165) is 6.08 Å². The Bertz CT molecular complexity index is 936. The molecule has 0 aliphatic carbocycles. The van der Waals surface area contributed by atoms with Gasteiger partial charge in [-0.05, 0) is 0 Å². The van der Waals surface area contributed by atoms with Crippen molar-refractivity contribution in [3.05, 3.63) is 45.6 Å². The molecule has 2 aromatic heterocycles. The molecule has 0 unspecified atom stereocenters. The molecular weight excluding hydrogens is 282 g/mol. The molecule has 0 fully saturated rings. The van der Waals surface area contributed by atoms with Gasteiger partial charge in [0.15, 0.2) is 0 Å². The van der Waals surface area contributed by atoms with Crippen LogP contribution in [0, 0.1) is 0 Å². The molecule has 0 spiro atoms. The smallest absolute Gasteiger partial charge is 0.216 e. The maximum Gasteiger partial charge on any atom is 0.216 e. The second-order valence-electron chi connectivity index (χ2n) is 3.93. The molecule has 0 aliphatic heterocycles. The average molecular weight is 286 g/mol. The monoisotopic (exact) mass is 285 g/mol. The minimum Gasteiger partial charge on any atom is -0.290 e. The summed E-state index contributed by atoms with van der Waals surface area (Å²) in [5, 5.41) is 0.339. The van der Waals surface area contributed by atoms with Gasteiger partial charge in [0.1, 0.15) is 29.5 Å². The van der Waals surface area contributed by atoms with Gasteiger partial charge in [-0.25, -0.2) is 19.6 Å². The predicted molar refractivity (Wildman–Crippen MR) is 71.9 cm³/mol. The number of rotatable bonds is 3. The van der Waals surface area contributed by atoms with Crippen molar-refractivity contribution in [3.63, 3.8) is 0 Å². The lowest BCUT2D eigenvalue weighted by Gasteiger charge is -2.07. The van der Waals surface area contributed by atoms with Crippen molar-refractivity contribution in [1.29, 1.82) is 0 Å². The number of allylic oxidation sites excluding steroid dienone is 2. The number of pyridine rings is 1. The first kappa shape index (κ1) is 12.3. The zero-order chi connectivity index (χ0) is 14.3. The molecule has 7 heteroatoms. The van der Waals surface area contributed by atoms with Gasteiger partial charge < -0.3 is 0 Å². The molecule has 0 atom stereocenters. The van der Waals surface area contributed by atoms with Crippen LogP contribution in [0.25, 0.3) is 22.3 Å². The number of hydrogen-bond donors (Lipinski definition) is 0. The van der Waals surface area contributed by atoms with Crippen LogP contribution in [-0.4, -0.2) is 26.4 Å². The molecule has 0 N–H and O–H groups in total. The average Bonchev–Trinajstić information content (AvgIpc) is 2.90. The van der Waals surface area contributed by atoms with Crippen LogP contribution in [0.2, 0.25) is 5.02 Å². The summed E-state index contributed by atoms with van der Waals surface area (Å²) in [4.78, 5) is 41.0. The minimum atomic E-state index is -0.275. The van der Waals surface area contributed by atoms with Crippen LogP contribution in [0.3, 0.4) is 0 Å². The standard InChI is InChI=1S/C13H4ClN3O3/c14-10-8(7(5-19)1-4-18)13(17-3-2-15-6-17)16-11-9(10)12(11)20/h1-3,6H. The number of fused-ring (bicyclic) bond motifs is 1. The van der Waals surface area contributed by atoms with Crippen LogP contribution >= 0.6 is 11.6 Å². The normalized spacial score (nSPS) is 10.4. The fraction of sp³-hybridized carbons (Fsp3) is 0. The molecule has 3 rings (SSSR count).